The average molecular weight is 391 g/mol. The standard InChI is InChI=1S/C23H22FN3O2/c24-20-4-2-1-3-18(20)13-16-9-11-27(12-10-16)22(29)8-5-17-14-19-6-7-21(28)26-23(19)25-15-17/h1-5,8-9,14-15H,6-7,10-13H2,(H,25,26,28). The van der Waals surface area contributed by atoms with Gasteiger partial charge in [-0.2, -0.15) is 0 Å². The van der Waals surface area contributed by atoms with Gasteiger partial charge in [0, 0.05) is 31.8 Å². The second-order valence-electron chi connectivity index (χ2n) is 7.32. The van der Waals surface area contributed by atoms with Gasteiger partial charge in [-0.15, -0.1) is 0 Å². The molecule has 1 aromatic heterocycles. The molecule has 3 heterocycles. The van der Waals surface area contributed by atoms with E-state index in [1.165, 1.54) is 6.07 Å². The molecule has 0 fully saturated rings. The van der Waals surface area contributed by atoms with Crippen LogP contribution in [0.3, 0.4) is 0 Å². The van der Waals surface area contributed by atoms with E-state index in [0.29, 0.717) is 43.7 Å². The van der Waals surface area contributed by atoms with E-state index in [2.05, 4.69) is 10.3 Å². The SMILES string of the molecule is O=C1CCc2cc(C=CC(=O)N3CC=C(Cc4ccccc4F)CC3)cnc2N1. The second kappa shape index (κ2) is 8.39. The third-order valence-electron chi connectivity index (χ3n) is 5.28. The first kappa shape index (κ1) is 19.1. The van der Waals surface area contributed by atoms with Gasteiger partial charge in [0.15, 0.2) is 0 Å². The highest BCUT2D eigenvalue weighted by atomic mass is 19.1. The van der Waals surface area contributed by atoms with Gasteiger partial charge in [-0.1, -0.05) is 29.8 Å². The summed E-state index contributed by atoms with van der Waals surface area (Å²) in [5.74, 6) is 0.342. The lowest BCUT2D eigenvalue weighted by Crippen LogP contribution is -2.33. The quantitative estimate of drug-likeness (QED) is 0.641. The minimum absolute atomic E-state index is 0.0176. The van der Waals surface area contributed by atoms with Crippen molar-refractivity contribution in [3.05, 3.63) is 76.8 Å². The maximum Gasteiger partial charge on any atom is 0.246 e. The van der Waals surface area contributed by atoms with Gasteiger partial charge in [-0.05, 0) is 54.2 Å². The van der Waals surface area contributed by atoms with E-state index in [1.807, 2.05) is 18.2 Å². The third-order valence-corrected chi connectivity index (χ3v) is 5.28. The van der Waals surface area contributed by atoms with Crippen molar-refractivity contribution in [1.82, 2.24) is 9.88 Å². The molecule has 2 amide bonds. The largest absolute Gasteiger partial charge is 0.335 e. The topological polar surface area (TPSA) is 62.3 Å². The summed E-state index contributed by atoms with van der Waals surface area (Å²) in [5, 5.41) is 2.75. The molecule has 2 aromatic rings. The number of anilines is 1. The van der Waals surface area contributed by atoms with Crippen LogP contribution in [-0.2, 0) is 22.4 Å². The Balaban J connectivity index is 1.35. The van der Waals surface area contributed by atoms with E-state index in [1.54, 1.807) is 35.4 Å². The van der Waals surface area contributed by atoms with Gasteiger partial charge in [-0.25, -0.2) is 9.37 Å². The van der Waals surface area contributed by atoms with Crippen LogP contribution in [0.2, 0.25) is 0 Å². The highest BCUT2D eigenvalue weighted by Gasteiger charge is 2.17. The predicted octanol–water partition coefficient (Wildman–Crippen LogP) is 3.52. The number of fused-ring (bicyclic) bond motifs is 1. The Morgan fingerprint density at radius 2 is 2.10 bits per heavy atom. The van der Waals surface area contributed by atoms with Crippen molar-refractivity contribution in [2.75, 3.05) is 18.4 Å². The molecule has 6 heteroatoms. The number of aromatic nitrogens is 1. The lowest BCUT2D eigenvalue weighted by molar-refractivity contribution is -0.125. The number of nitrogens with zero attached hydrogens (tertiary/aromatic N) is 2. The van der Waals surface area contributed by atoms with Gasteiger partial charge >= 0.3 is 0 Å². The predicted molar refractivity (Wildman–Crippen MR) is 110 cm³/mol. The number of aryl methyl sites for hydroxylation is 1. The minimum Gasteiger partial charge on any atom is -0.335 e. The Morgan fingerprint density at radius 3 is 2.90 bits per heavy atom. The van der Waals surface area contributed by atoms with Crippen LogP contribution in [0.25, 0.3) is 6.08 Å². The van der Waals surface area contributed by atoms with Crippen molar-refractivity contribution in [3.8, 4) is 0 Å². The molecule has 0 atom stereocenters. The monoisotopic (exact) mass is 391 g/mol. The van der Waals surface area contributed by atoms with Crippen molar-refractivity contribution in [3.63, 3.8) is 0 Å². The summed E-state index contributed by atoms with van der Waals surface area (Å²) in [5.41, 5.74) is 3.66. The molecule has 0 saturated heterocycles. The first-order valence-corrected chi connectivity index (χ1v) is 9.75. The first-order chi connectivity index (χ1) is 14.1. The van der Waals surface area contributed by atoms with E-state index in [0.717, 1.165) is 23.1 Å². The first-order valence-electron chi connectivity index (χ1n) is 9.75. The number of pyridine rings is 1. The van der Waals surface area contributed by atoms with Gasteiger partial charge in [0.1, 0.15) is 11.6 Å². The molecule has 2 aliphatic rings. The zero-order valence-corrected chi connectivity index (χ0v) is 16.0. The summed E-state index contributed by atoms with van der Waals surface area (Å²) in [4.78, 5) is 29.9. The minimum atomic E-state index is -0.187. The summed E-state index contributed by atoms with van der Waals surface area (Å²) in [6.45, 7) is 1.15. The molecule has 1 aromatic carbocycles. The molecule has 0 aliphatic carbocycles. The van der Waals surface area contributed by atoms with Gasteiger partial charge in [0.25, 0.3) is 0 Å². The number of hydrogen-bond donors (Lipinski definition) is 1. The molecule has 0 bridgehead atoms. The molecule has 2 aliphatic heterocycles. The van der Waals surface area contributed by atoms with E-state index < -0.39 is 0 Å². The number of amides is 2. The van der Waals surface area contributed by atoms with E-state index in [4.69, 9.17) is 0 Å². The lowest BCUT2D eigenvalue weighted by Gasteiger charge is -2.25. The van der Waals surface area contributed by atoms with E-state index in [9.17, 15) is 14.0 Å². The smallest absolute Gasteiger partial charge is 0.246 e. The van der Waals surface area contributed by atoms with Crippen LogP contribution in [0.4, 0.5) is 10.2 Å². The fourth-order valence-electron chi connectivity index (χ4n) is 3.60. The molecule has 148 valence electrons. The summed E-state index contributed by atoms with van der Waals surface area (Å²) in [6, 6.07) is 8.76. The van der Waals surface area contributed by atoms with Crippen LogP contribution in [0, 0.1) is 5.82 Å². The lowest BCUT2D eigenvalue weighted by atomic mass is 9.99. The molecule has 29 heavy (non-hydrogen) atoms. The average Bonchev–Trinajstić information content (AvgIpc) is 2.74. The van der Waals surface area contributed by atoms with Crippen molar-refractivity contribution < 1.29 is 14.0 Å². The van der Waals surface area contributed by atoms with Gasteiger partial charge in [0.05, 0.1) is 0 Å². The molecule has 0 saturated carbocycles. The highest BCUT2D eigenvalue weighted by molar-refractivity contribution is 5.94. The van der Waals surface area contributed by atoms with Gasteiger partial charge in [-0.3, -0.25) is 9.59 Å². The highest BCUT2D eigenvalue weighted by Crippen LogP contribution is 2.22. The molecule has 5 nitrogen and oxygen atoms in total. The molecule has 4 rings (SSSR count). The van der Waals surface area contributed by atoms with E-state index >= 15 is 0 Å². The Hall–Kier alpha value is -3.28. The Morgan fingerprint density at radius 1 is 1.24 bits per heavy atom. The molecule has 0 spiro atoms. The molecular formula is C23H22FN3O2. The third kappa shape index (κ3) is 4.59. The Bertz CT molecular complexity index is 1010. The number of rotatable bonds is 4. The van der Waals surface area contributed by atoms with Crippen molar-refractivity contribution in [1.29, 1.82) is 0 Å². The molecule has 1 N–H and O–H groups in total. The number of carbonyl (C=O) groups is 2. The number of carbonyl (C=O) groups excluding carboxylic acids is 2. The van der Waals surface area contributed by atoms with Crippen LogP contribution in [-0.4, -0.2) is 34.8 Å². The maximum atomic E-state index is 13.8. The number of halogens is 1. The number of nitrogens with one attached hydrogen (secondary N) is 1. The molecule has 0 radical (unpaired) electrons. The fraction of sp³-hybridized carbons (Fsp3) is 0.261. The number of benzene rings is 1. The van der Waals surface area contributed by atoms with Crippen LogP contribution in [0.15, 0.2) is 54.3 Å². The van der Waals surface area contributed by atoms with Crippen LogP contribution in [0.1, 0.15) is 29.5 Å². The Labute approximate surface area is 168 Å². The van der Waals surface area contributed by atoms with E-state index in [-0.39, 0.29) is 17.6 Å². The zero-order valence-electron chi connectivity index (χ0n) is 16.0. The summed E-state index contributed by atoms with van der Waals surface area (Å²) < 4.78 is 13.8. The van der Waals surface area contributed by atoms with Gasteiger partial charge in [0.2, 0.25) is 11.8 Å². The summed E-state index contributed by atoms with van der Waals surface area (Å²) >= 11 is 0. The molecular weight excluding hydrogens is 369 g/mol. The molecule has 0 unspecified atom stereocenters. The zero-order chi connectivity index (χ0) is 20.2. The summed E-state index contributed by atoms with van der Waals surface area (Å²) in [7, 11) is 0. The van der Waals surface area contributed by atoms with Crippen molar-refractivity contribution >= 4 is 23.7 Å². The van der Waals surface area contributed by atoms with Crippen LogP contribution in [0.5, 0.6) is 0 Å². The van der Waals surface area contributed by atoms with Crippen molar-refractivity contribution in [2.45, 2.75) is 25.7 Å². The van der Waals surface area contributed by atoms with Crippen LogP contribution >= 0.6 is 0 Å². The number of hydrogen-bond acceptors (Lipinski definition) is 3. The van der Waals surface area contributed by atoms with Crippen molar-refractivity contribution in [2.24, 2.45) is 0 Å². The van der Waals surface area contributed by atoms with Crippen LogP contribution < -0.4 is 5.32 Å². The summed E-state index contributed by atoms with van der Waals surface area (Å²) in [6.07, 6.45) is 9.42. The Kier molecular flexibility index (Phi) is 5.51. The maximum absolute atomic E-state index is 13.8. The normalized spacial score (nSPS) is 16.4. The second-order valence-corrected chi connectivity index (χ2v) is 7.32. The fourth-order valence-corrected chi connectivity index (χ4v) is 3.60. The van der Waals surface area contributed by atoms with Gasteiger partial charge < -0.3 is 10.2 Å².